The number of thioether (sulfide) groups is 1. The van der Waals surface area contributed by atoms with Crippen molar-refractivity contribution in [2.45, 2.75) is 38.6 Å². The van der Waals surface area contributed by atoms with Crippen LogP contribution in [0.25, 0.3) is 0 Å². The molecule has 3 heteroatoms. The summed E-state index contributed by atoms with van der Waals surface area (Å²) < 4.78 is 5.06. The molecule has 0 spiro atoms. The Bertz CT molecular complexity index is 366. The summed E-state index contributed by atoms with van der Waals surface area (Å²) >= 11 is 1.91. The second-order valence-electron chi connectivity index (χ2n) is 5.31. The Balaban J connectivity index is 2.40. The highest BCUT2D eigenvalue weighted by Gasteiger charge is 2.01. The zero-order chi connectivity index (χ0) is 14.1. The van der Waals surface area contributed by atoms with Crippen molar-refractivity contribution in [1.82, 2.24) is 5.32 Å². The molecule has 1 rings (SSSR count). The zero-order valence-corrected chi connectivity index (χ0v) is 13.5. The molecule has 0 aliphatic rings. The van der Waals surface area contributed by atoms with Crippen molar-refractivity contribution in [3.63, 3.8) is 0 Å². The number of methoxy groups -OCH3 is 1. The number of ether oxygens (including phenoxy) is 1. The fourth-order valence-corrected chi connectivity index (χ4v) is 2.77. The molecule has 1 aromatic rings. The molecule has 0 aliphatic carbocycles. The van der Waals surface area contributed by atoms with E-state index in [4.69, 9.17) is 4.74 Å². The molecule has 19 heavy (non-hydrogen) atoms. The highest BCUT2D eigenvalue weighted by Crippen LogP contribution is 2.22. The fraction of sp³-hybridized carbons (Fsp3) is 0.625. The molecule has 0 fully saturated rings. The van der Waals surface area contributed by atoms with E-state index in [1.807, 2.05) is 11.8 Å². The summed E-state index contributed by atoms with van der Waals surface area (Å²) in [6.45, 7) is 9.57. The van der Waals surface area contributed by atoms with Gasteiger partial charge in [-0.05, 0) is 49.1 Å². The molecule has 0 aliphatic heterocycles. The van der Waals surface area contributed by atoms with Crippen molar-refractivity contribution in [1.29, 1.82) is 0 Å². The van der Waals surface area contributed by atoms with Crippen LogP contribution in [0.3, 0.4) is 0 Å². The molecule has 0 bridgehead atoms. The van der Waals surface area contributed by atoms with Gasteiger partial charge < -0.3 is 10.1 Å². The SMILES string of the molecule is COCCCSc1ccc(CNCC(C)C)c(C)c1. The maximum Gasteiger partial charge on any atom is 0.0470 e. The van der Waals surface area contributed by atoms with Gasteiger partial charge in [-0.3, -0.25) is 0 Å². The highest BCUT2D eigenvalue weighted by molar-refractivity contribution is 7.99. The van der Waals surface area contributed by atoms with Crippen LogP contribution < -0.4 is 5.32 Å². The van der Waals surface area contributed by atoms with E-state index in [2.05, 4.69) is 44.3 Å². The summed E-state index contributed by atoms with van der Waals surface area (Å²) in [5.74, 6) is 1.83. The fourth-order valence-electron chi connectivity index (χ4n) is 1.85. The maximum atomic E-state index is 5.06. The summed E-state index contributed by atoms with van der Waals surface area (Å²) in [6, 6.07) is 6.78. The standard InChI is InChI=1S/C16H27NOS/c1-13(2)11-17-12-15-6-7-16(10-14(15)3)19-9-5-8-18-4/h6-7,10,13,17H,5,8-9,11-12H2,1-4H3. The lowest BCUT2D eigenvalue weighted by atomic mass is 10.1. The van der Waals surface area contributed by atoms with E-state index < -0.39 is 0 Å². The van der Waals surface area contributed by atoms with Crippen LogP contribution in [-0.2, 0) is 11.3 Å². The minimum Gasteiger partial charge on any atom is -0.385 e. The summed E-state index contributed by atoms with van der Waals surface area (Å²) in [5, 5.41) is 3.50. The zero-order valence-electron chi connectivity index (χ0n) is 12.7. The number of hydrogen-bond donors (Lipinski definition) is 1. The quantitative estimate of drug-likeness (QED) is 0.548. The molecule has 0 saturated carbocycles. The summed E-state index contributed by atoms with van der Waals surface area (Å²) in [4.78, 5) is 1.36. The van der Waals surface area contributed by atoms with Gasteiger partial charge in [-0.25, -0.2) is 0 Å². The van der Waals surface area contributed by atoms with Gasteiger partial charge in [0.25, 0.3) is 0 Å². The maximum absolute atomic E-state index is 5.06. The predicted octanol–water partition coefficient (Wildman–Crippen LogP) is 3.87. The molecular weight excluding hydrogens is 254 g/mol. The lowest BCUT2D eigenvalue weighted by molar-refractivity contribution is 0.200. The third kappa shape index (κ3) is 7.00. The lowest BCUT2D eigenvalue weighted by Gasteiger charge is -2.11. The van der Waals surface area contributed by atoms with Crippen LogP contribution in [0.2, 0.25) is 0 Å². The molecule has 0 radical (unpaired) electrons. The molecule has 2 nitrogen and oxygen atoms in total. The third-order valence-corrected chi connectivity index (χ3v) is 4.02. The van der Waals surface area contributed by atoms with E-state index in [-0.39, 0.29) is 0 Å². The Kier molecular flexibility index (Phi) is 8.19. The molecule has 1 aromatic carbocycles. The number of aryl methyl sites for hydroxylation is 1. The molecule has 1 N–H and O–H groups in total. The van der Waals surface area contributed by atoms with Crippen LogP contribution in [0, 0.1) is 12.8 Å². The van der Waals surface area contributed by atoms with Gasteiger partial charge >= 0.3 is 0 Å². The normalized spacial score (nSPS) is 11.2. The van der Waals surface area contributed by atoms with Gasteiger partial charge in [0, 0.05) is 30.9 Å². The van der Waals surface area contributed by atoms with Gasteiger partial charge in [0.05, 0.1) is 0 Å². The van der Waals surface area contributed by atoms with Gasteiger partial charge in [0.2, 0.25) is 0 Å². The largest absolute Gasteiger partial charge is 0.385 e. The molecule has 0 heterocycles. The van der Waals surface area contributed by atoms with Crippen molar-refractivity contribution >= 4 is 11.8 Å². The van der Waals surface area contributed by atoms with E-state index in [1.54, 1.807) is 7.11 Å². The van der Waals surface area contributed by atoms with Gasteiger partial charge in [-0.2, -0.15) is 0 Å². The Hall–Kier alpha value is -0.510. The summed E-state index contributed by atoms with van der Waals surface area (Å²) in [5.41, 5.74) is 2.79. The second-order valence-corrected chi connectivity index (χ2v) is 6.48. The van der Waals surface area contributed by atoms with Gasteiger partial charge in [0.15, 0.2) is 0 Å². The average molecular weight is 281 g/mol. The minimum absolute atomic E-state index is 0.705. The van der Waals surface area contributed by atoms with E-state index in [1.165, 1.54) is 16.0 Å². The number of benzene rings is 1. The first kappa shape index (κ1) is 16.5. The molecule has 0 saturated heterocycles. The van der Waals surface area contributed by atoms with E-state index in [0.717, 1.165) is 31.9 Å². The van der Waals surface area contributed by atoms with E-state index in [0.29, 0.717) is 5.92 Å². The molecular formula is C16H27NOS. The molecule has 0 amide bonds. The Morgan fingerprint density at radius 3 is 2.74 bits per heavy atom. The number of hydrogen-bond acceptors (Lipinski definition) is 3. The van der Waals surface area contributed by atoms with E-state index >= 15 is 0 Å². The van der Waals surface area contributed by atoms with E-state index in [9.17, 15) is 0 Å². The highest BCUT2D eigenvalue weighted by atomic mass is 32.2. The number of rotatable bonds is 9. The molecule has 0 aromatic heterocycles. The smallest absolute Gasteiger partial charge is 0.0470 e. The Morgan fingerprint density at radius 2 is 2.11 bits per heavy atom. The van der Waals surface area contributed by atoms with Crippen molar-refractivity contribution in [2.24, 2.45) is 5.92 Å². The van der Waals surface area contributed by atoms with Crippen LogP contribution in [-0.4, -0.2) is 26.0 Å². The van der Waals surface area contributed by atoms with Gasteiger partial charge in [-0.1, -0.05) is 19.9 Å². The van der Waals surface area contributed by atoms with Crippen molar-refractivity contribution < 1.29 is 4.74 Å². The average Bonchev–Trinajstić information content (AvgIpc) is 2.37. The van der Waals surface area contributed by atoms with Crippen molar-refractivity contribution in [3.8, 4) is 0 Å². The van der Waals surface area contributed by atoms with Crippen LogP contribution in [0.1, 0.15) is 31.4 Å². The Labute approximate surface area is 122 Å². The lowest BCUT2D eigenvalue weighted by Crippen LogP contribution is -2.19. The van der Waals surface area contributed by atoms with Crippen molar-refractivity contribution in [2.75, 3.05) is 26.0 Å². The van der Waals surface area contributed by atoms with Crippen LogP contribution in [0.15, 0.2) is 23.1 Å². The van der Waals surface area contributed by atoms with Crippen LogP contribution >= 0.6 is 11.8 Å². The first-order valence-corrected chi connectivity index (χ1v) is 8.04. The number of nitrogens with one attached hydrogen (secondary N) is 1. The Morgan fingerprint density at radius 1 is 1.32 bits per heavy atom. The minimum atomic E-state index is 0.705. The van der Waals surface area contributed by atoms with Gasteiger partial charge in [-0.15, -0.1) is 11.8 Å². The summed E-state index contributed by atoms with van der Waals surface area (Å²) in [7, 11) is 1.76. The van der Waals surface area contributed by atoms with Crippen LogP contribution in [0.4, 0.5) is 0 Å². The monoisotopic (exact) mass is 281 g/mol. The van der Waals surface area contributed by atoms with Gasteiger partial charge in [0.1, 0.15) is 0 Å². The summed E-state index contributed by atoms with van der Waals surface area (Å²) in [6.07, 6.45) is 1.11. The molecule has 108 valence electrons. The first-order chi connectivity index (χ1) is 9.13. The second kappa shape index (κ2) is 9.40. The third-order valence-electron chi connectivity index (χ3n) is 2.94. The predicted molar refractivity (Wildman–Crippen MR) is 84.9 cm³/mol. The van der Waals surface area contributed by atoms with Crippen LogP contribution in [0.5, 0.6) is 0 Å². The first-order valence-electron chi connectivity index (χ1n) is 7.05. The topological polar surface area (TPSA) is 21.3 Å². The molecule has 0 unspecified atom stereocenters. The molecule has 0 atom stereocenters. The van der Waals surface area contributed by atoms with Crippen molar-refractivity contribution in [3.05, 3.63) is 29.3 Å².